The third-order valence-corrected chi connectivity index (χ3v) is 2.45. The van der Waals surface area contributed by atoms with Gasteiger partial charge in [-0.1, -0.05) is 0 Å². The van der Waals surface area contributed by atoms with Crippen molar-refractivity contribution < 1.29 is 0 Å². The van der Waals surface area contributed by atoms with Gasteiger partial charge in [-0.3, -0.25) is 0 Å². The van der Waals surface area contributed by atoms with Gasteiger partial charge in [0.25, 0.3) is 0 Å². The van der Waals surface area contributed by atoms with E-state index < -0.39 is 0 Å². The fourth-order valence-corrected chi connectivity index (χ4v) is 1.71. The van der Waals surface area contributed by atoms with E-state index in [2.05, 4.69) is 17.0 Å². The molecule has 0 unspecified atom stereocenters. The summed E-state index contributed by atoms with van der Waals surface area (Å²) in [5.74, 6) is 0.307. The summed E-state index contributed by atoms with van der Waals surface area (Å²) in [5, 5.41) is 5.03. The Balaban J connectivity index is 2.43. The van der Waals surface area contributed by atoms with Gasteiger partial charge in [0.1, 0.15) is 11.3 Å². The average molecular weight is 180 g/mol. The third-order valence-electron chi connectivity index (χ3n) is 1.46. The first-order valence-corrected chi connectivity index (χ1v) is 4.31. The molecule has 0 spiro atoms. The molecule has 0 aromatic carbocycles. The molecule has 0 aliphatic rings. The molecule has 4 nitrogen and oxygen atoms in total. The lowest BCUT2D eigenvalue weighted by atomic mass is 10.5. The second-order valence-corrected chi connectivity index (χ2v) is 3.70. The molecule has 62 valence electrons. The predicted octanol–water partition coefficient (Wildman–Crippen LogP) is 1.22. The summed E-state index contributed by atoms with van der Waals surface area (Å²) in [6, 6.07) is 4.03. The highest BCUT2D eigenvalue weighted by Crippen LogP contribution is 2.18. The van der Waals surface area contributed by atoms with Crippen molar-refractivity contribution in [2.24, 2.45) is 0 Å². The fourth-order valence-electron chi connectivity index (χ4n) is 0.927. The minimum Gasteiger partial charge on any atom is -0.366 e. The molecule has 0 fully saturated rings. The van der Waals surface area contributed by atoms with Crippen LogP contribution in [0.4, 0.5) is 5.95 Å². The second kappa shape index (κ2) is 2.60. The third kappa shape index (κ3) is 1.18. The van der Waals surface area contributed by atoms with Gasteiger partial charge in [-0.2, -0.15) is 0 Å². The number of nitrogens with zero attached hydrogens (tertiary/aromatic N) is 3. The number of nitrogens with two attached hydrogens (primary N) is 1. The smallest absolute Gasteiger partial charge is 0.239 e. The molecule has 0 atom stereocenters. The zero-order valence-corrected chi connectivity index (χ0v) is 7.38. The van der Waals surface area contributed by atoms with Crippen LogP contribution in [0.15, 0.2) is 18.5 Å². The Hall–Kier alpha value is -1.36. The van der Waals surface area contributed by atoms with Gasteiger partial charge in [-0.05, 0) is 19.1 Å². The van der Waals surface area contributed by atoms with Crippen molar-refractivity contribution in [3.05, 3.63) is 23.3 Å². The van der Waals surface area contributed by atoms with Gasteiger partial charge in [0.15, 0.2) is 0 Å². The topological polar surface area (TPSA) is 56.7 Å². The van der Waals surface area contributed by atoms with Crippen LogP contribution in [0.1, 0.15) is 4.88 Å². The first-order chi connectivity index (χ1) is 5.75. The van der Waals surface area contributed by atoms with Crippen LogP contribution in [0.3, 0.4) is 0 Å². The van der Waals surface area contributed by atoms with Gasteiger partial charge in [-0.15, -0.1) is 16.4 Å². The Morgan fingerprint density at radius 2 is 2.33 bits per heavy atom. The number of rotatable bonds is 1. The van der Waals surface area contributed by atoms with E-state index in [0.29, 0.717) is 5.95 Å². The summed E-state index contributed by atoms with van der Waals surface area (Å²) in [6.45, 7) is 2.05. The van der Waals surface area contributed by atoms with Crippen molar-refractivity contribution in [1.29, 1.82) is 0 Å². The number of nitrogen functional groups attached to an aromatic ring is 1. The van der Waals surface area contributed by atoms with Gasteiger partial charge in [0, 0.05) is 4.88 Å². The van der Waals surface area contributed by atoms with Gasteiger partial charge < -0.3 is 5.73 Å². The van der Waals surface area contributed by atoms with Crippen molar-refractivity contribution in [1.82, 2.24) is 14.8 Å². The highest BCUT2D eigenvalue weighted by Gasteiger charge is 2.00. The van der Waals surface area contributed by atoms with Crippen molar-refractivity contribution >= 4 is 17.3 Å². The molecule has 2 N–H and O–H groups in total. The summed E-state index contributed by atoms with van der Waals surface area (Å²) in [7, 11) is 0. The maximum absolute atomic E-state index is 5.38. The molecule has 0 bridgehead atoms. The van der Waals surface area contributed by atoms with Crippen molar-refractivity contribution in [2.45, 2.75) is 6.92 Å². The molecule has 0 amide bonds. The van der Waals surface area contributed by atoms with Gasteiger partial charge >= 0.3 is 0 Å². The summed E-state index contributed by atoms with van der Waals surface area (Å²) < 4.78 is 1.67. The molecule has 0 saturated heterocycles. The van der Waals surface area contributed by atoms with E-state index in [4.69, 9.17) is 5.73 Å². The first kappa shape index (κ1) is 7.30. The molecule has 5 heteroatoms. The number of aryl methyl sites for hydroxylation is 1. The van der Waals surface area contributed by atoms with Crippen LogP contribution in [-0.4, -0.2) is 14.8 Å². The molecule has 2 rings (SSSR count). The average Bonchev–Trinajstić information content (AvgIpc) is 2.58. The standard InChI is InChI=1S/C7H8N4S/c1-5-2-3-6(12-5)11-4-9-7(8)10-11/h2-4H,1H3,(H2,8,10). The molecule has 2 heterocycles. The summed E-state index contributed by atoms with van der Waals surface area (Å²) in [4.78, 5) is 5.09. The van der Waals surface area contributed by atoms with Crippen LogP contribution in [0.25, 0.3) is 5.00 Å². The number of hydrogen-bond donors (Lipinski definition) is 1. The van der Waals surface area contributed by atoms with E-state index >= 15 is 0 Å². The Bertz CT molecular complexity index is 351. The van der Waals surface area contributed by atoms with Crippen LogP contribution in [0, 0.1) is 6.92 Å². The van der Waals surface area contributed by atoms with Gasteiger partial charge in [-0.25, -0.2) is 9.67 Å². The molecule has 0 aliphatic heterocycles. The quantitative estimate of drug-likeness (QED) is 0.717. The van der Waals surface area contributed by atoms with E-state index in [1.54, 1.807) is 22.3 Å². The molecular formula is C7H8N4S. The maximum Gasteiger partial charge on any atom is 0.239 e. The van der Waals surface area contributed by atoms with E-state index in [-0.39, 0.29) is 0 Å². The number of anilines is 1. The van der Waals surface area contributed by atoms with Gasteiger partial charge in [0.2, 0.25) is 5.95 Å². The SMILES string of the molecule is Cc1ccc(-n2cnc(N)n2)s1. The maximum atomic E-state index is 5.38. The molecule has 0 saturated carbocycles. The van der Waals surface area contributed by atoms with Crippen LogP contribution in [0.2, 0.25) is 0 Å². The molecule has 2 aromatic rings. The summed E-state index contributed by atoms with van der Waals surface area (Å²) >= 11 is 1.66. The molecule has 0 aliphatic carbocycles. The van der Waals surface area contributed by atoms with Crippen LogP contribution >= 0.6 is 11.3 Å². The summed E-state index contributed by atoms with van der Waals surface area (Å²) in [5.41, 5.74) is 5.38. The Labute approximate surface area is 73.7 Å². The molecule has 12 heavy (non-hydrogen) atoms. The van der Waals surface area contributed by atoms with E-state index in [0.717, 1.165) is 5.00 Å². The minimum absolute atomic E-state index is 0.307. The lowest BCUT2D eigenvalue weighted by Crippen LogP contribution is -1.92. The van der Waals surface area contributed by atoms with E-state index in [1.165, 1.54) is 4.88 Å². The number of thiophene rings is 1. The largest absolute Gasteiger partial charge is 0.366 e. The highest BCUT2D eigenvalue weighted by molar-refractivity contribution is 7.14. The molecule has 0 radical (unpaired) electrons. The van der Waals surface area contributed by atoms with Crippen LogP contribution in [-0.2, 0) is 0 Å². The van der Waals surface area contributed by atoms with Crippen LogP contribution < -0.4 is 5.73 Å². The number of aromatic nitrogens is 3. The van der Waals surface area contributed by atoms with E-state index in [9.17, 15) is 0 Å². The lowest BCUT2D eigenvalue weighted by molar-refractivity contribution is 0.901. The predicted molar refractivity (Wildman–Crippen MR) is 48.4 cm³/mol. The van der Waals surface area contributed by atoms with Gasteiger partial charge in [0.05, 0.1) is 0 Å². The molecular weight excluding hydrogens is 172 g/mol. The van der Waals surface area contributed by atoms with E-state index in [1.807, 2.05) is 12.1 Å². The normalized spacial score (nSPS) is 10.4. The Morgan fingerprint density at radius 1 is 1.50 bits per heavy atom. The first-order valence-electron chi connectivity index (χ1n) is 3.49. The van der Waals surface area contributed by atoms with Crippen molar-refractivity contribution in [2.75, 3.05) is 5.73 Å². The Morgan fingerprint density at radius 3 is 2.83 bits per heavy atom. The second-order valence-electron chi connectivity index (χ2n) is 2.43. The van der Waals surface area contributed by atoms with Crippen molar-refractivity contribution in [3.63, 3.8) is 0 Å². The molecule has 2 aromatic heterocycles. The Kier molecular flexibility index (Phi) is 1.58. The fraction of sp³-hybridized carbons (Fsp3) is 0.143. The number of hydrogen-bond acceptors (Lipinski definition) is 4. The zero-order chi connectivity index (χ0) is 8.55. The van der Waals surface area contributed by atoms with Crippen molar-refractivity contribution in [3.8, 4) is 5.00 Å². The zero-order valence-electron chi connectivity index (χ0n) is 6.56. The summed E-state index contributed by atoms with van der Waals surface area (Å²) in [6.07, 6.45) is 1.61. The highest BCUT2D eigenvalue weighted by atomic mass is 32.1. The minimum atomic E-state index is 0.307. The van der Waals surface area contributed by atoms with Crippen LogP contribution in [0.5, 0.6) is 0 Å². The lowest BCUT2D eigenvalue weighted by Gasteiger charge is -1.91. The monoisotopic (exact) mass is 180 g/mol.